The lowest BCUT2D eigenvalue weighted by molar-refractivity contribution is 0.411. The van der Waals surface area contributed by atoms with Gasteiger partial charge in [0.2, 0.25) is 0 Å². The van der Waals surface area contributed by atoms with E-state index in [1.54, 1.807) is 0 Å². The first-order valence-corrected chi connectivity index (χ1v) is 5.68. The van der Waals surface area contributed by atoms with Crippen molar-refractivity contribution in [3.63, 3.8) is 0 Å². The molecule has 2 heteroatoms. The highest BCUT2D eigenvalue weighted by Gasteiger charge is 2.21. The first-order chi connectivity index (χ1) is 6.24. The summed E-state index contributed by atoms with van der Waals surface area (Å²) in [5, 5.41) is 7.05. The van der Waals surface area contributed by atoms with Crippen molar-refractivity contribution in [2.75, 3.05) is 19.6 Å². The molecule has 1 fully saturated rings. The summed E-state index contributed by atoms with van der Waals surface area (Å²) in [6.45, 7) is 10.4. The average Bonchev–Trinajstić information content (AvgIpc) is 2.52. The van der Waals surface area contributed by atoms with Crippen LogP contribution in [0.3, 0.4) is 0 Å². The molecule has 0 saturated carbocycles. The van der Waals surface area contributed by atoms with Crippen LogP contribution in [0, 0.1) is 11.8 Å². The highest BCUT2D eigenvalue weighted by atomic mass is 15.0. The second-order valence-electron chi connectivity index (χ2n) is 4.46. The zero-order valence-corrected chi connectivity index (χ0v) is 9.27. The minimum atomic E-state index is 0.712. The predicted octanol–water partition coefficient (Wildman–Crippen LogP) is 1.62. The fourth-order valence-corrected chi connectivity index (χ4v) is 1.85. The van der Waals surface area contributed by atoms with E-state index in [0.29, 0.717) is 6.04 Å². The van der Waals surface area contributed by atoms with Gasteiger partial charge in [0, 0.05) is 6.04 Å². The van der Waals surface area contributed by atoms with Gasteiger partial charge >= 0.3 is 0 Å². The normalized spacial score (nSPS) is 30.7. The van der Waals surface area contributed by atoms with Gasteiger partial charge in [-0.1, -0.05) is 20.3 Å². The van der Waals surface area contributed by atoms with Crippen LogP contribution in [0.15, 0.2) is 0 Å². The molecule has 0 radical (unpaired) electrons. The molecule has 1 rings (SSSR count). The van der Waals surface area contributed by atoms with Crippen LogP contribution in [-0.2, 0) is 0 Å². The summed E-state index contributed by atoms with van der Waals surface area (Å²) in [6, 6.07) is 0.712. The van der Waals surface area contributed by atoms with Crippen LogP contribution >= 0.6 is 0 Å². The van der Waals surface area contributed by atoms with Crippen LogP contribution in [0.5, 0.6) is 0 Å². The molecule has 0 spiro atoms. The molecule has 3 unspecified atom stereocenters. The molecule has 2 nitrogen and oxygen atoms in total. The van der Waals surface area contributed by atoms with Crippen LogP contribution in [0.25, 0.3) is 0 Å². The van der Waals surface area contributed by atoms with E-state index in [4.69, 9.17) is 0 Å². The SMILES string of the molecule is CCC(C)CNCC1CCNC1C. The third-order valence-electron chi connectivity index (χ3n) is 3.28. The first-order valence-electron chi connectivity index (χ1n) is 5.68. The topological polar surface area (TPSA) is 24.1 Å². The number of rotatable bonds is 5. The minimum absolute atomic E-state index is 0.712. The standard InChI is InChI=1S/C11H24N2/c1-4-9(2)7-12-8-11-5-6-13-10(11)3/h9-13H,4-8H2,1-3H3. The molecule has 13 heavy (non-hydrogen) atoms. The van der Waals surface area contributed by atoms with E-state index in [-0.39, 0.29) is 0 Å². The summed E-state index contributed by atoms with van der Waals surface area (Å²) in [5.74, 6) is 1.67. The van der Waals surface area contributed by atoms with Gasteiger partial charge in [-0.25, -0.2) is 0 Å². The van der Waals surface area contributed by atoms with E-state index in [1.165, 1.54) is 32.5 Å². The van der Waals surface area contributed by atoms with E-state index in [9.17, 15) is 0 Å². The molecule has 1 aliphatic rings. The quantitative estimate of drug-likeness (QED) is 0.678. The largest absolute Gasteiger partial charge is 0.316 e. The molecule has 1 aliphatic heterocycles. The fraction of sp³-hybridized carbons (Fsp3) is 1.00. The Balaban J connectivity index is 2.05. The zero-order valence-electron chi connectivity index (χ0n) is 9.27. The van der Waals surface area contributed by atoms with Gasteiger partial charge in [0.15, 0.2) is 0 Å². The monoisotopic (exact) mass is 184 g/mol. The highest BCUT2D eigenvalue weighted by molar-refractivity contribution is 4.81. The average molecular weight is 184 g/mol. The molecule has 0 aliphatic carbocycles. The number of hydrogen-bond acceptors (Lipinski definition) is 2. The molecular weight excluding hydrogens is 160 g/mol. The maximum Gasteiger partial charge on any atom is 0.00795 e. The maximum atomic E-state index is 3.57. The molecule has 78 valence electrons. The third kappa shape index (κ3) is 3.65. The van der Waals surface area contributed by atoms with Crippen LogP contribution in [0.2, 0.25) is 0 Å². The van der Waals surface area contributed by atoms with Crippen molar-refractivity contribution in [2.24, 2.45) is 11.8 Å². The van der Waals surface area contributed by atoms with Crippen molar-refractivity contribution in [2.45, 2.75) is 39.7 Å². The molecule has 0 aromatic rings. The lowest BCUT2D eigenvalue weighted by atomic mass is 10.0. The van der Waals surface area contributed by atoms with Crippen LogP contribution < -0.4 is 10.6 Å². The Morgan fingerprint density at radius 1 is 1.54 bits per heavy atom. The minimum Gasteiger partial charge on any atom is -0.316 e. The molecule has 1 saturated heterocycles. The Morgan fingerprint density at radius 2 is 2.31 bits per heavy atom. The Labute approximate surface area is 82.5 Å². The molecule has 0 aromatic carbocycles. The van der Waals surface area contributed by atoms with Gasteiger partial charge in [-0.3, -0.25) is 0 Å². The van der Waals surface area contributed by atoms with Gasteiger partial charge in [-0.15, -0.1) is 0 Å². The fourth-order valence-electron chi connectivity index (χ4n) is 1.85. The van der Waals surface area contributed by atoms with Gasteiger partial charge in [-0.2, -0.15) is 0 Å². The highest BCUT2D eigenvalue weighted by Crippen LogP contribution is 2.13. The van der Waals surface area contributed by atoms with E-state index < -0.39 is 0 Å². The van der Waals surface area contributed by atoms with Crippen LogP contribution in [-0.4, -0.2) is 25.7 Å². The Kier molecular flexibility index (Phi) is 4.74. The molecule has 2 N–H and O–H groups in total. The lowest BCUT2D eigenvalue weighted by Crippen LogP contribution is -2.32. The van der Waals surface area contributed by atoms with Gasteiger partial charge in [0.25, 0.3) is 0 Å². The van der Waals surface area contributed by atoms with E-state index in [1.807, 2.05) is 0 Å². The Morgan fingerprint density at radius 3 is 2.85 bits per heavy atom. The summed E-state index contributed by atoms with van der Waals surface area (Å²) >= 11 is 0. The maximum absolute atomic E-state index is 3.57. The molecule has 0 aromatic heterocycles. The summed E-state index contributed by atoms with van der Waals surface area (Å²) in [4.78, 5) is 0. The second-order valence-corrected chi connectivity index (χ2v) is 4.46. The molecule has 0 amide bonds. The van der Waals surface area contributed by atoms with Crippen molar-refractivity contribution >= 4 is 0 Å². The molecular formula is C11H24N2. The summed E-state index contributed by atoms with van der Waals surface area (Å²) in [5.41, 5.74) is 0. The number of hydrogen-bond donors (Lipinski definition) is 2. The van der Waals surface area contributed by atoms with Gasteiger partial charge in [0.05, 0.1) is 0 Å². The van der Waals surface area contributed by atoms with E-state index in [2.05, 4.69) is 31.4 Å². The predicted molar refractivity (Wildman–Crippen MR) is 57.9 cm³/mol. The lowest BCUT2D eigenvalue weighted by Gasteiger charge is -2.17. The Bertz CT molecular complexity index is 136. The molecule has 0 bridgehead atoms. The van der Waals surface area contributed by atoms with Crippen LogP contribution in [0.1, 0.15) is 33.6 Å². The van der Waals surface area contributed by atoms with Crippen molar-refractivity contribution in [1.82, 2.24) is 10.6 Å². The summed E-state index contributed by atoms with van der Waals surface area (Å²) in [6.07, 6.45) is 2.63. The summed E-state index contributed by atoms with van der Waals surface area (Å²) in [7, 11) is 0. The second kappa shape index (κ2) is 5.61. The van der Waals surface area contributed by atoms with Crippen LogP contribution in [0.4, 0.5) is 0 Å². The Hall–Kier alpha value is -0.0800. The van der Waals surface area contributed by atoms with E-state index in [0.717, 1.165) is 11.8 Å². The number of nitrogens with one attached hydrogen (secondary N) is 2. The molecule has 3 atom stereocenters. The van der Waals surface area contributed by atoms with Crippen molar-refractivity contribution < 1.29 is 0 Å². The van der Waals surface area contributed by atoms with Crippen molar-refractivity contribution in [3.05, 3.63) is 0 Å². The molecule has 1 heterocycles. The summed E-state index contributed by atoms with van der Waals surface area (Å²) < 4.78 is 0. The van der Waals surface area contributed by atoms with Gasteiger partial charge in [-0.05, 0) is 44.8 Å². The van der Waals surface area contributed by atoms with E-state index >= 15 is 0 Å². The third-order valence-corrected chi connectivity index (χ3v) is 3.28. The van der Waals surface area contributed by atoms with Crippen molar-refractivity contribution in [1.29, 1.82) is 0 Å². The smallest absolute Gasteiger partial charge is 0.00795 e. The van der Waals surface area contributed by atoms with Gasteiger partial charge < -0.3 is 10.6 Å². The first kappa shape index (κ1) is 11.0. The van der Waals surface area contributed by atoms with Gasteiger partial charge in [0.1, 0.15) is 0 Å². The zero-order chi connectivity index (χ0) is 9.68. The van der Waals surface area contributed by atoms with Crippen molar-refractivity contribution in [3.8, 4) is 0 Å².